The number of aromatic nitrogens is 4. The summed E-state index contributed by atoms with van der Waals surface area (Å²) in [4.78, 5) is 15.9. The SMILES string of the molecule is c1ccc(-c2nc(-c3ccc(-n4c5ccccc5c5ccccc54)cc3)nc(-c3cc(-c4ccccc4)c(-c4cc5ccccc5c5ccccc45)cc3-c3ccccc3)n2)cc1. The average molecular weight is 803 g/mol. The van der Waals surface area contributed by atoms with Gasteiger partial charge in [-0.2, -0.15) is 0 Å². The van der Waals surface area contributed by atoms with Gasteiger partial charge in [-0.1, -0.05) is 176 Å². The summed E-state index contributed by atoms with van der Waals surface area (Å²) in [7, 11) is 0. The van der Waals surface area contributed by atoms with Crippen molar-refractivity contribution in [2.24, 2.45) is 0 Å². The zero-order valence-corrected chi connectivity index (χ0v) is 34.2. The summed E-state index contributed by atoms with van der Waals surface area (Å²) >= 11 is 0. The molecule has 0 aliphatic carbocycles. The van der Waals surface area contributed by atoms with E-state index in [1.54, 1.807) is 0 Å². The fraction of sp³-hybridized carbons (Fsp3) is 0. The quantitative estimate of drug-likeness (QED) is 0.151. The molecular weight excluding hydrogens is 765 g/mol. The molecule has 4 heteroatoms. The molecule has 10 aromatic carbocycles. The summed E-state index contributed by atoms with van der Waals surface area (Å²) in [5.74, 6) is 1.83. The Balaban J connectivity index is 1.10. The highest BCUT2D eigenvalue weighted by atomic mass is 15.0. The summed E-state index contributed by atoms with van der Waals surface area (Å²) in [6, 6.07) is 81.8. The molecule has 0 amide bonds. The average Bonchev–Trinajstić information content (AvgIpc) is 3.71. The Morgan fingerprint density at radius 3 is 1.29 bits per heavy atom. The minimum atomic E-state index is 0.608. The summed E-state index contributed by atoms with van der Waals surface area (Å²) in [5.41, 5.74) is 12.8. The van der Waals surface area contributed by atoms with Gasteiger partial charge in [0.25, 0.3) is 0 Å². The molecule has 0 saturated heterocycles. The van der Waals surface area contributed by atoms with Crippen LogP contribution in [0.2, 0.25) is 0 Å². The maximum Gasteiger partial charge on any atom is 0.164 e. The molecule has 4 nitrogen and oxygen atoms in total. The third kappa shape index (κ3) is 6.36. The third-order valence-electron chi connectivity index (χ3n) is 12.3. The number of nitrogens with zero attached hydrogens (tertiary/aromatic N) is 4. The Bertz CT molecular complexity index is 3600. The molecule has 0 unspecified atom stereocenters. The van der Waals surface area contributed by atoms with Crippen molar-refractivity contribution < 1.29 is 0 Å². The van der Waals surface area contributed by atoms with E-state index in [-0.39, 0.29) is 0 Å². The van der Waals surface area contributed by atoms with Crippen LogP contribution in [0.15, 0.2) is 231 Å². The van der Waals surface area contributed by atoms with Gasteiger partial charge < -0.3 is 4.57 Å². The first-order valence-corrected chi connectivity index (χ1v) is 21.4. The van der Waals surface area contributed by atoms with Gasteiger partial charge in [-0.15, -0.1) is 0 Å². The van der Waals surface area contributed by atoms with Gasteiger partial charge in [0, 0.05) is 33.2 Å². The Hall–Kier alpha value is -8.47. The number of hydrogen-bond acceptors (Lipinski definition) is 3. The van der Waals surface area contributed by atoms with Gasteiger partial charge in [-0.3, -0.25) is 0 Å². The van der Waals surface area contributed by atoms with Crippen LogP contribution in [0.25, 0.3) is 117 Å². The molecule has 2 heterocycles. The molecule has 12 aromatic rings. The maximum atomic E-state index is 5.38. The third-order valence-corrected chi connectivity index (χ3v) is 12.3. The van der Waals surface area contributed by atoms with Crippen LogP contribution < -0.4 is 0 Å². The van der Waals surface area contributed by atoms with Crippen LogP contribution >= 0.6 is 0 Å². The fourth-order valence-corrected chi connectivity index (χ4v) is 9.30. The number of rotatable bonds is 7. The molecule has 12 rings (SSSR count). The predicted octanol–water partition coefficient (Wildman–Crippen LogP) is 15.3. The van der Waals surface area contributed by atoms with Gasteiger partial charge in [-0.05, 0) is 110 Å². The van der Waals surface area contributed by atoms with E-state index in [0.717, 1.165) is 50.2 Å². The van der Waals surface area contributed by atoms with Gasteiger partial charge in [0.1, 0.15) is 0 Å². The van der Waals surface area contributed by atoms with Gasteiger partial charge in [0.15, 0.2) is 17.5 Å². The van der Waals surface area contributed by atoms with Crippen LogP contribution in [0, 0.1) is 0 Å². The lowest BCUT2D eigenvalue weighted by Crippen LogP contribution is -2.02. The summed E-state index contributed by atoms with van der Waals surface area (Å²) < 4.78 is 2.33. The Labute approximate surface area is 365 Å². The zero-order chi connectivity index (χ0) is 41.7. The van der Waals surface area contributed by atoms with Crippen molar-refractivity contribution in [3.8, 4) is 73.2 Å². The second-order valence-corrected chi connectivity index (χ2v) is 16.0. The second kappa shape index (κ2) is 15.2. The largest absolute Gasteiger partial charge is 0.309 e. The second-order valence-electron chi connectivity index (χ2n) is 16.0. The molecule has 0 aliphatic heterocycles. The van der Waals surface area contributed by atoms with E-state index >= 15 is 0 Å². The van der Waals surface area contributed by atoms with Gasteiger partial charge >= 0.3 is 0 Å². The van der Waals surface area contributed by atoms with Gasteiger partial charge in [0.2, 0.25) is 0 Å². The maximum absolute atomic E-state index is 5.38. The van der Waals surface area contributed by atoms with Crippen LogP contribution in [0.4, 0.5) is 0 Å². The van der Waals surface area contributed by atoms with Crippen LogP contribution in [-0.4, -0.2) is 19.5 Å². The molecule has 0 N–H and O–H groups in total. The van der Waals surface area contributed by atoms with E-state index in [0.29, 0.717) is 17.5 Å². The molecule has 2 aromatic heterocycles. The Morgan fingerprint density at radius 1 is 0.254 bits per heavy atom. The highest BCUT2D eigenvalue weighted by Gasteiger charge is 2.22. The van der Waals surface area contributed by atoms with Crippen LogP contribution in [0.1, 0.15) is 0 Å². The topological polar surface area (TPSA) is 43.6 Å². The van der Waals surface area contributed by atoms with Crippen molar-refractivity contribution in [3.63, 3.8) is 0 Å². The molecule has 0 atom stereocenters. The van der Waals surface area contributed by atoms with Gasteiger partial charge in [0.05, 0.1) is 11.0 Å². The van der Waals surface area contributed by atoms with Crippen LogP contribution in [0.3, 0.4) is 0 Å². The standard InChI is InChI=1S/C59H38N4/c1-4-18-39(19-5-1)50-38-54(51(40-20-6-2-7-21-40)37-53(50)52-36-43-24-10-11-25-45(43)46-26-12-13-27-47(46)52)59-61-57(41-22-8-3-9-23-41)60-58(62-59)42-32-34-44(35-33-42)63-55-30-16-14-28-48(55)49-29-15-17-31-56(49)63/h1-38H. The highest BCUT2D eigenvalue weighted by Crippen LogP contribution is 2.45. The zero-order valence-electron chi connectivity index (χ0n) is 34.2. The van der Waals surface area contributed by atoms with E-state index in [1.165, 1.54) is 48.9 Å². The number of para-hydroxylation sites is 2. The van der Waals surface area contributed by atoms with Crippen molar-refractivity contribution >= 4 is 43.4 Å². The molecular formula is C59H38N4. The Kier molecular flexibility index (Phi) is 8.79. The van der Waals surface area contributed by atoms with Crippen LogP contribution in [0.5, 0.6) is 0 Å². The molecule has 0 fully saturated rings. The van der Waals surface area contributed by atoms with Crippen molar-refractivity contribution in [2.75, 3.05) is 0 Å². The summed E-state index contributed by atoms with van der Waals surface area (Å²) in [6.07, 6.45) is 0. The van der Waals surface area contributed by atoms with Crippen molar-refractivity contribution in [2.45, 2.75) is 0 Å². The van der Waals surface area contributed by atoms with Crippen molar-refractivity contribution in [1.29, 1.82) is 0 Å². The Morgan fingerprint density at radius 2 is 0.683 bits per heavy atom. The van der Waals surface area contributed by atoms with E-state index in [2.05, 4.69) is 217 Å². The number of fused-ring (bicyclic) bond motifs is 6. The van der Waals surface area contributed by atoms with E-state index in [4.69, 9.17) is 15.0 Å². The fourth-order valence-electron chi connectivity index (χ4n) is 9.30. The lowest BCUT2D eigenvalue weighted by molar-refractivity contribution is 1.07. The smallest absolute Gasteiger partial charge is 0.164 e. The normalized spacial score (nSPS) is 11.5. The number of hydrogen-bond donors (Lipinski definition) is 0. The molecule has 0 radical (unpaired) electrons. The first-order chi connectivity index (χ1) is 31.2. The molecule has 0 aliphatic rings. The van der Waals surface area contributed by atoms with Crippen LogP contribution in [-0.2, 0) is 0 Å². The minimum Gasteiger partial charge on any atom is -0.309 e. The van der Waals surface area contributed by atoms with Gasteiger partial charge in [-0.25, -0.2) is 15.0 Å². The van der Waals surface area contributed by atoms with E-state index in [1.807, 2.05) is 18.2 Å². The molecule has 0 saturated carbocycles. The monoisotopic (exact) mass is 802 g/mol. The van der Waals surface area contributed by atoms with E-state index < -0.39 is 0 Å². The summed E-state index contributed by atoms with van der Waals surface area (Å²) in [6.45, 7) is 0. The summed E-state index contributed by atoms with van der Waals surface area (Å²) in [5, 5.41) is 7.35. The highest BCUT2D eigenvalue weighted by molar-refractivity contribution is 6.15. The first-order valence-electron chi connectivity index (χ1n) is 21.4. The number of benzene rings is 10. The molecule has 294 valence electrons. The van der Waals surface area contributed by atoms with Crippen molar-refractivity contribution in [3.05, 3.63) is 231 Å². The predicted molar refractivity (Wildman–Crippen MR) is 262 cm³/mol. The lowest BCUT2D eigenvalue weighted by Gasteiger charge is -2.20. The van der Waals surface area contributed by atoms with Crippen molar-refractivity contribution in [1.82, 2.24) is 19.5 Å². The molecule has 0 bridgehead atoms. The van der Waals surface area contributed by atoms with E-state index in [9.17, 15) is 0 Å². The lowest BCUT2D eigenvalue weighted by atomic mass is 9.85. The molecule has 63 heavy (non-hydrogen) atoms. The minimum absolute atomic E-state index is 0.608. The molecule has 0 spiro atoms. The first kappa shape index (κ1) is 36.4.